The fourth-order valence-corrected chi connectivity index (χ4v) is 10.4. The van der Waals surface area contributed by atoms with Crippen LogP contribution in [0.2, 0.25) is 0 Å². The zero-order chi connectivity index (χ0) is 34.2. The summed E-state index contributed by atoms with van der Waals surface area (Å²) in [4.78, 5) is 2.28. The van der Waals surface area contributed by atoms with Gasteiger partial charge >= 0.3 is 0 Å². The molecule has 2 nitrogen and oxygen atoms in total. The number of fused-ring (bicyclic) bond motifs is 9. The van der Waals surface area contributed by atoms with Gasteiger partial charge in [-0.05, 0) is 82.9 Å². The molecule has 8 aromatic carbocycles. The van der Waals surface area contributed by atoms with Gasteiger partial charge in [0, 0.05) is 62.5 Å². The van der Waals surface area contributed by atoms with Crippen molar-refractivity contribution in [3.05, 3.63) is 176 Å². The molecule has 4 heteroatoms. The largest absolute Gasteiger partial charge is 0.454 e. The molecule has 0 radical (unpaired) electrons. The molecule has 0 spiro atoms. The van der Waals surface area contributed by atoms with E-state index in [4.69, 9.17) is 4.42 Å². The Bertz CT molecular complexity index is 3090. The maximum absolute atomic E-state index is 6.85. The van der Waals surface area contributed by atoms with Crippen LogP contribution in [0.3, 0.4) is 0 Å². The highest BCUT2D eigenvalue weighted by atomic mass is 32.1. The van der Waals surface area contributed by atoms with Gasteiger partial charge in [-0.3, -0.25) is 0 Å². The second-order valence-electron chi connectivity index (χ2n) is 13.2. The molecule has 0 N–H and O–H groups in total. The van der Waals surface area contributed by atoms with Crippen LogP contribution in [0.4, 0.5) is 17.1 Å². The third-order valence-corrected chi connectivity index (χ3v) is 12.6. The summed E-state index contributed by atoms with van der Waals surface area (Å²) >= 11 is 3.75. The molecule has 0 atom stereocenters. The molecule has 0 aliphatic rings. The van der Waals surface area contributed by atoms with E-state index < -0.39 is 0 Å². The summed E-state index contributed by atoms with van der Waals surface area (Å²) in [6, 6.07) is 63.3. The summed E-state index contributed by atoms with van der Waals surface area (Å²) in [7, 11) is 0. The zero-order valence-electron chi connectivity index (χ0n) is 27.9. The predicted octanol–water partition coefficient (Wildman–Crippen LogP) is 15.1. The lowest BCUT2D eigenvalue weighted by Gasteiger charge is -2.25. The molecule has 11 rings (SSSR count). The molecule has 0 fully saturated rings. The molecule has 11 aromatic rings. The van der Waals surface area contributed by atoms with Crippen LogP contribution in [0.5, 0.6) is 0 Å². The average molecular weight is 700 g/mol. The molecule has 0 saturated heterocycles. The van der Waals surface area contributed by atoms with Crippen LogP contribution < -0.4 is 4.90 Å². The molecule has 0 aliphatic carbocycles. The summed E-state index contributed by atoms with van der Waals surface area (Å²) in [5.41, 5.74) is 9.91. The Balaban J connectivity index is 1.09. The monoisotopic (exact) mass is 699 g/mol. The first-order valence-electron chi connectivity index (χ1n) is 17.5. The molecular formula is C48H29NOS2. The van der Waals surface area contributed by atoms with E-state index >= 15 is 0 Å². The summed E-state index contributed by atoms with van der Waals surface area (Å²) in [6.45, 7) is 0. The first-order chi connectivity index (χ1) is 25.8. The van der Waals surface area contributed by atoms with Crippen LogP contribution in [0.15, 0.2) is 180 Å². The Kier molecular flexibility index (Phi) is 6.63. The number of thiophene rings is 2. The molecule has 3 aromatic heterocycles. The van der Waals surface area contributed by atoms with Gasteiger partial charge in [0.05, 0.1) is 5.69 Å². The van der Waals surface area contributed by atoms with E-state index in [1.54, 1.807) is 0 Å². The molecule has 244 valence electrons. The molecule has 0 saturated carbocycles. The van der Waals surface area contributed by atoms with Gasteiger partial charge in [0.2, 0.25) is 0 Å². The van der Waals surface area contributed by atoms with Crippen LogP contribution in [0.1, 0.15) is 0 Å². The van der Waals surface area contributed by atoms with Crippen LogP contribution in [0.25, 0.3) is 84.5 Å². The lowest BCUT2D eigenvalue weighted by Crippen LogP contribution is -2.09. The highest BCUT2D eigenvalue weighted by Crippen LogP contribution is 2.48. The van der Waals surface area contributed by atoms with E-state index in [0.717, 1.165) is 44.6 Å². The number of benzene rings is 8. The number of para-hydroxylation sites is 3. The minimum atomic E-state index is 0.877. The standard InChI is InChI=1S/C48H29NOS2/c1-3-13-31(14-4-1)49(32-15-5-2-6-16-32)40-23-10-21-37-34-28-27-30(29-41(34)50-47(37)40)33-18-9-22-39-46-36(20-12-26-44(46)52-48(33)39)35-19-11-25-43-45(35)38-17-7-8-24-42(38)51-43/h1-29H. The second kappa shape index (κ2) is 11.7. The van der Waals surface area contributed by atoms with Crippen molar-refractivity contribution in [2.45, 2.75) is 0 Å². The Morgan fingerprint density at radius 2 is 0.981 bits per heavy atom. The van der Waals surface area contributed by atoms with Crippen LogP contribution >= 0.6 is 22.7 Å². The minimum absolute atomic E-state index is 0.877. The van der Waals surface area contributed by atoms with Crippen molar-refractivity contribution in [2.24, 2.45) is 0 Å². The van der Waals surface area contributed by atoms with E-state index in [1.807, 2.05) is 22.7 Å². The Morgan fingerprint density at radius 3 is 1.75 bits per heavy atom. The van der Waals surface area contributed by atoms with Crippen molar-refractivity contribution in [2.75, 3.05) is 4.90 Å². The molecule has 0 aliphatic heterocycles. The van der Waals surface area contributed by atoms with Crippen molar-refractivity contribution in [3.8, 4) is 22.3 Å². The number of nitrogens with zero attached hydrogens (tertiary/aromatic N) is 1. The first kappa shape index (κ1) is 29.5. The Labute approximate surface area is 308 Å². The summed E-state index contributed by atoms with van der Waals surface area (Å²) in [6.07, 6.45) is 0. The van der Waals surface area contributed by atoms with E-state index in [0.29, 0.717) is 0 Å². The summed E-state index contributed by atoms with van der Waals surface area (Å²) in [5.74, 6) is 0. The number of rotatable bonds is 5. The maximum Gasteiger partial charge on any atom is 0.159 e. The third-order valence-electron chi connectivity index (χ3n) is 10.3. The lowest BCUT2D eigenvalue weighted by atomic mass is 9.94. The lowest BCUT2D eigenvalue weighted by molar-refractivity contribution is 0.669. The van der Waals surface area contributed by atoms with Gasteiger partial charge in [-0.2, -0.15) is 0 Å². The molecule has 52 heavy (non-hydrogen) atoms. The van der Waals surface area contributed by atoms with E-state index in [1.165, 1.54) is 57.0 Å². The Morgan fingerprint density at radius 1 is 0.404 bits per heavy atom. The maximum atomic E-state index is 6.85. The number of anilines is 3. The highest BCUT2D eigenvalue weighted by molar-refractivity contribution is 7.26. The number of hydrogen-bond donors (Lipinski definition) is 0. The van der Waals surface area contributed by atoms with Crippen LogP contribution in [0, 0.1) is 0 Å². The molecule has 0 bridgehead atoms. The van der Waals surface area contributed by atoms with E-state index in [2.05, 4.69) is 181 Å². The van der Waals surface area contributed by atoms with E-state index in [-0.39, 0.29) is 0 Å². The smallest absolute Gasteiger partial charge is 0.159 e. The van der Waals surface area contributed by atoms with Crippen LogP contribution in [-0.4, -0.2) is 0 Å². The van der Waals surface area contributed by atoms with Gasteiger partial charge in [-0.15, -0.1) is 22.7 Å². The topological polar surface area (TPSA) is 16.4 Å². The van der Waals surface area contributed by atoms with E-state index in [9.17, 15) is 0 Å². The SMILES string of the molecule is c1ccc(N(c2ccccc2)c2cccc3c2oc2cc(-c4cccc5c4sc4cccc(-c6cccc7sc8ccccc8c67)c45)ccc23)cc1. The van der Waals surface area contributed by atoms with Crippen LogP contribution in [-0.2, 0) is 0 Å². The van der Waals surface area contributed by atoms with Gasteiger partial charge < -0.3 is 9.32 Å². The molecule has 3 heterocycles. The Hall–Kier alpha value is -6.20. The predicted molar refractivity (Wildman–Crippen MR) is 225 cm³/mol. The van der Waals surface area contributed by atoms with Gasteiger partial charge in [0.1, 0.15) is 5.58 Å². The average Bonchev–Trinajstić information content (AvgIpc) is 3.90. The van der Waals surface area contributed by atoms with Gasteiger partial charge in [0.25, 0.3) is 0 Å². The third kappa shape index (κ3) is 4.48. The summed E-state index contributed by atoms with van der Waals surface area (Å²) < 4.78 is 12.1. The molecule has 0 amide bonds. The van der Waals surface area contributed by atoms with Crippen molar-refractivity contribution in [3.63, 3.8) is 0 Å². The molecule has 0 unspecified atom stereocenters. The van der Waals surface area contributed by atoms with Gasteiger partial charge in [-0.25, -0.2) is 0 Å². The quantitative estimate of drug-likeness (QED) is 0.178. The number of furan rings is 1. The fraction of sp³-hybridized carbons (Fsp3) is 0. The second-order valence-corrected chi connectivity index (χ2v) is 15.3. The molecular weight excluding hydrogens is 671 g/mol. The minimum Gasteiger partial charge on any atom is -0.454 e. The zero-order valence-corrected chi connectivity index (χ0v) is 29.5. The van der Waals surface area contributed by atoms with Crippen molar-refractivity contribution in [1.29, 1.82) is 0 Å². The normalized spacial score (nSPS) is 11.8. The van der Waals surface area contributed by atoms with Gasteiger partial charge in [-0.1, -0.05) is 115 Å². The van der Waals surface area contributed by atoms with Crippen molar-refractivity contribution < 1.29 is 4.42 Å². The van der Waals surface area contributed by atoms with Gasteiger partial charge in [0.15, 0.2) is 5.58 Å². The number of hydrogen-bond acceptors (Lipinski definition) is 4. The van der Waals surface area contributed by atoms with Crippen molar-refractivity contribution in [1.82, 2.24) is 0 Å². The highest BCUT2D eigenvalue weighted by Gasteiger charge is 2.21. The van der Waals surface area contributed by atoms with Crippen molar-refractivity contribution >= 4 is 102 Å². The summed E-state index contributed by atoms with van der Waals surface area (Å²) in [5, 5.41) is 7.51. The first-order valence-corrected chi connectivity index (χ1v) is 19.1. The fourth-order valence-electron chi connectivity index (χ4n) is 8.01.